The summed E-state index contributed by atoms with van der Waals surface area (Å²) in [5.41, 5.74) is 5.22. The number of hydrogen-bond donors (Lipinski definition) is 1. The maximum Gasteiger partial charge on any atom is 0.326 e. The largest absolute Gasteiger partial charge is 0.326 e. The van der Waals surface area contributed by atoms with Crippen LogP contribution in [0.5, 0.6) is 0 Å². The fourth-order valence-corrected chi connectivity index (χ4v) is 4.78. The smallest absolute Gasteiger partial charge is 0.319 e. The molecule has 3 amide bonds. The zero-order valence-electron chi connectivity index (χ0n) is 16.2. The second kappa shape index (κ2) is 6.45. The summed E-state index contributed by atoms with van der Waals surface area (Å²) in [6.07, 6.45) is 4.27. The lowest BCUT2D eigenvalue weighted by molar-refractivity contribution is -0.132. The number of carbonyl (C=O) groups is 2. The van der Waals surface area contributed by atoms with E-state index in [1.54, 1.807) is 0 Å². The lowest BCUT2D eigenvalue weighted by Gasteiger charge is -2.31. The number of hydrogen-bond acceptors (Lipinski definition) is 3. The van der Waals surface area contributed by atoms with Crippen molar-refractivity contribution < 1.29 is 9.59 Å². The Bertz CT molecular complexity index is 970. The Morgan fingerprint density at radius 2 is 1.71 bits per heavy atom. The van der Waals surface area contributed by atoms with Crippen LogP contribution in [0.15, 0.2) is 42.5 Å². The lowest BCUT2D eigenvalue weighted by atomic mass is 9.90. The fraction of sp³-hybridized carbons (Fsp3) is 0.391. The molecule has 1 atom stereocenters. The quantitative estimate of drug-likeness (QED) is 0.840. The van der Waals surface area contributed by atoms with Gasteiger partial charge in [-0.2, -0.15) is 0 Å². The second-order valence-electron chi connectivity index (χ2n) is 8.34. The minimum absolute atomic E-state index is 0.158. The highest BCUT2D eigenvalue weighted by Gasteiger charge is 2.49. The molecule has 5 rings (SSSR count). The van der Waals surface area contributed by atoms with E-state index in [1.165, 1.54) is 33.6 Å². The maximum atomic E-state index is 13.3. The first kappa shape index (κ1) is 17.4. The van der Waals surface area contributed by atoms with E-state index in [0.29, 0.717) is 6.67 Å². The summed E-state index contributed by atoms with van der Waals surface area (Å²) < 4.78 is 0. The molecular formula is C23H25N3O2. The number of aryl methyl sites for hydroxylation is 2. The van der Waals surface area contributed by atoms with E-state index in [1.807, 2.05) is 19.1 Å². The molecular weight excluding hydrogens is 350 g/mol. The highest BCUT2D eigenvalue weighted by molar-refractivity contribution is 6.07. The summed E-state index contributed by atoms with van der Waals surface area (Å²) in [4.78, 5) is 29.5. The van der Waals surface area contributed by atoms with Crippen LogP contribution in [0, 0.1) is 0 Å². The molecule has 144 valence electrons. The fourth-order valence-electron chi connectivity index (χ4n) is 4.78. The van der Waals surface area contributed by atoms with Gasteiger partial charge in [-0.25, -0.2) is 9.69 Å². The topological polar surface area (TPSA) is 52.7 Å². The second-order valence-corrected chi connectivity index (χ2v) is 8.34. The molecule has 2 aromatic carbocycles. The Morgan fingerprint density at radius 3 is 2.57 bits per heavy atom. The van der Waals surface area contributed by atoms with Gasteiger partial charge in [-0.1, -0.05) is 42.5 Å². The Kier molecular flexibility index (Phi) is 4.02. The number of urea groups is 1. The van der Waals surface area contributed by atoms with Gasteiger partial charge >= 0.3 is 6.03 Å². The van der Waals surface area contributed by atoms with Crippen molar-refractivity contribution in [1.82, 2.24) is 15.1 Å². The molecule has 1 N–H and O–H groups in total. The van der Waals surface area contributed by atoms with Gasteiger partial charge in [-0.05, 0) is 60.4 Å². The van der Waals surface area contributed by atoms with Crippen molar-refractivity contribution in [1.29, 1.82) is 0 Å². The summed E-state index contributed by atoms with van der Waals surface area (Å²) in [7, 11) is 0. The van der Waals surface area contributed by atoms with Crippen LogP contribution in [0.2, 0.25) is 0 Å². The van der Waals surface area contributed by atoms with Gasteiger partial charge < -0.3 is 5.32 Å². The van der Waals surface area contributed by atoms with E-state index in [0.717, 1.165) is 37.9 Å². The molecule has 5 heteroatoms. The molecule has 1 saturated heterocycles. The molecule has 2 aliphatic heterocycles. The highest BCUT2D eigenvalue weighted by atomic mass is 16.2. The van der Waals surface area contributed by atoms with Crippen LogP contribution < -0.4 is 5.32 Å². The van der Waals surface area contributed by atoms with Crippen molar-refractivity contribution in [3.63, 3.8) is 0 Å². The molecule has 0 aromatic heterocycles. The van der Waals surface area contributed by atoms with Gasteiger partial charge in [0.1, 0.15) is 5.54 Å². The molecule has 1 aliphatic carbocycles. The van der Waals surface area contributed by atoms with Crippen LogP contribution in [0.25, 0.3) is 0 Å². The van der Waals surface area contributed by atoms with Crippen molar-refractivity contribution >= 4 is 11.9 Å². The monoisotopic (exact) mass is 375 g/mol. The summed E-state index contributed by atoms with van der Waals surface area (Å²) in [5, 5.41) is 2.96. The predicted octanol–water partition coefficient (Wildman–Crippen LogP) is 2.96. The van der Waals surface area contributed by atoms with Gasteiger partial charge in [0.05, 0.1) is 6.67 Å². The highest BCUT2D eigenvalue weighted by Crippen LogP contribution is 2.33. The van der Waals surface area contributed by atoms with Crippen molar-refractivity contribution in [2.75, 3.05) is 13.2 Å². The molecule has 0 radical (unpaired) electrons. The van der Waals surface area contributed by atoms with E-state index in [2.05, 4.69) is 40.5 Å². The summed E-state index contributed by atoms with van der Waals surface area (Å²) in [6, 6.07) is 14.3. The first-order valence-electron chi connectivity index (χ1n) is 10.1. The van der Waals surface area contributed by atoms with Gasteiger partial charge in [0.25, 0.3) is 5.91 Å². The summed E-state index contributed by atoms with van der Waals surface area (Å²) >= 11 is 0. The summed E-state index contributed by atoms with van der Waals surface area (Å²) in [5.74, 6) is -0.158. The molecule has 0 spiro atoms. The minimum Gasteiger partial charge on any atom is -0.319 e. The van der Waals surface area contributed by atoms with Crippen molar-refractivity contribution in [3.8, 4) is 0 Å². The average Bonchev–Trinajstić information content (AvgIpc) is 3.26. The molecule has 5 nitrogen and oxygen atoms in total. The van der Waals surface area contributed by atoms with E-state index >= 15 is 0 Å². The molecule has 3 aliphatic rings. The number of rotatable bonds is 3. The third kappa shape index (κ3) is 2.73. The van der Waals surface area contributed by atoms with Crippen LogP contribution in [0.3, 0.4) is 0 Å². The minimum atomic E-state index is -0.984. The number of imide groups is 1. The van der Waals surface area contributed by atoms with Gasteiger partial charge in [0.2, 0.25) is 0 Å². The van der Waals surface area contributed by atoms with Gasteiger partial charge in [0, 0.05) is 13.1 Å². The number of nitrogens with zero attached hydrogens (tertiary/aromatic N) is 2. The van der Waals surface area contributed by atoms with Gasteiger partial charge in [-0.3, -0.25) is 9.69 Å². The normalized spacial score (nSPS) is 24.2. The Balaban J connectivity index is 1.36. The summed E-state index contributed by atoms with van der Waals surface area (Å²) in [6.45, 7) is 3.78. The van der Waals surface area contributed by atoms with E-state index in [9.17, 15) is 9.59 Å². The van der Waals surface area contributed by atoms with Crippen LogP contribution >= 0.6 is 0 Å². The zero-order chi connectivity index (χ0) is 19.3. The molecule has 2 heterocycles. The third-order valence-electron chi connectivity index (χ3n) is 6.50. The molecule has 0 bridgehead atoms. The first-order valence-corrected chi connectivity index (χ1v) is 10.1. The SMILES string of the molecule is C[C@]1(c2ccc3c(c2)CCC3)NC(=O)N(CN2CCc3ccccc3C2)C1=O. The van der Waals surface area contributed by atoms with Crippen LogP contribution in [-0.4, -0.2) is 35.0 Å². The van der Waals surface area contributed by atoms with Crippen molar-refractivity contribution in [3.05, 3.63) is 70.3 Å². The van der Waals surface area contributed by atoms with Crippen LogP contribution in [0.1, 0.15) is 41.2 Å². The standard InChI is InChI=1S/C23H25N3O2/c1-23(20-10-9-16-7-4-8-18(16)13-20)21(27)26(22(28)24-23)15-25-12-11-17-5-2-3-6-19(17)14-25/h2-3,5-6,9-10,13H,4,7-8,11-12,14-15H2,1H3,(H,24,28)/t23-/m1/s1. The number of fused-ring (bicyclic) bond motifs is 2. The first-order chi connectivity index (χ1) is 13.5. The van der Waals surface area contributed by atoms with E-state index < -0.39 is 5.54 Å². The van der Waals surface area contributed by atoms with Crippen molar-refractivity contribution in [2.45, 2.75) is 44.7 Å². The molecule has 2 aromatic rings. The van der Waals surface area contributed by atoms with Crippen molar-refractivity contribution in [2.24, 2.45) is 0 Å². The van der Waals surface area contributed by atoms with E-state index in [4.69, 9.17) is 0 Å². The Labute approximate surface area is 165 Å². The number of benzene rings is 2. The molecule has 0 unspecified atom stereocenters. The lowest BCUT2D eigenvalue weighted by Crippen LogP contribution is -2.45. The predicted molar refractivity (Wildman–Crippen MR) is 107 cm³/mol. The number of amides is 3. The Morgan fingerprint density at radius 1 is 0.964 bits per heavy atom. The maximum absolute atomic E-state index is 13.3. The molecule has 28 heavy (non-hydrogen) atoms. The zero-order valence-corrected chi connectivity index (χ0v) is 16.2. The Hall–Kier alpha value is -2.66. The van der Waals surface area contributed by atoms with E-state index in [-0.39, 0.29) is 11.9 Å². The molecule has 1 fully saturated rings. The van der Waals surface area contributed by atoms with Gasteiger partial charge in [0.15, 0.2) is 0 Å². The number of carbonyl (C=O) groups excluding carboxylic acids is 2. The van der Waals surface area contributed by atoms with Crippen LogP contribution in [-0.2, 0) is 36.1 Å². The van der Waals surface area contributed by atoms with Crippen LogP contribution in [0.4, 0.5) is 4.79 Å². The number of nitrogens with one attached hydrogen (secondary N) is 1. The average molecular weight is 375 g/mol. The molecule has 0 saturated carbocycles. The third-order valence-corrected chi connectivity index (χ3v) is 6.50. The van der Waals surface area contributed by atoms with Gasteiger partial charge in [-0.15, -0.1) is 0 Å².